The number of nitrogens with zero attached hydrogens (tertiary/aromatic N) is 2. The second-order valence-electron chi connectivity index (χ2n) is 3.68. The molecule has 0 bridgehead atoms. The van der Waals surface area contributed by atoms with E-state index >= 15 is 0 Å². The molecule has 1 aliphatic rings. The molecule has 4 nitrogen and oxygen atoms in total. The Kier molecular flexibility index (Phi) is 3.88. The number of carbonyl (C=O) groups excluding carboxylic acids is 1. The van der Waals surface area contributed by atoms with Crippen LogP contribution in [-0.4, -0.2) is 11.9 Å². The van der Waals surface area contributed by atoms with Crippen molar-refractivity contribution < 1.29 is 4.79 Å². The molecule has 0 aromatic heterocycles. The van der Waals surface area contributed by atoms with Gasteiger partial charge in [0.15, 0.2) is 0 Å². The van der Waals surface area contributed by atoms with Crippen LogP contribution in [0.4, 0.5) is 0 Å². The minimum atomic E-state index is -0.0202. The molecule has 0 saturated heterocycles. The molecule has 1 amide bonds. The van der Waals surface area contributed by atoms with Crippen molar-refractivity contribution in [2.45, 2.75) is 38.6 Å². The second kappa shape index (κ2) is 5.17. The summed E-state index contributed by atoms with van der Waals surface area (Å²) in [5, 5.41) is 20.2. The number of allylic oxidation sites excluding steroid dienone is 2. The Bertz CT molecular complexity index is 344. The van der Waals surface area contributed by atoms with Gasteiger partial charge in [-0.3, -0.25) is 4.79 Å². The van der Waals surface area contributed by atoms with Crippen molar-refractivity contribution >= 4 is 5.91 Å². The van der Waals surface area contributed by atoms with Crippen LogP contribution in [-0.2, 0) is 4.79 Å². The minimum absolute atomic E-state index is 0.0202. The monoisotopic (exact) mass is 203 g/mol. The lowest BCUT2D eigenvalue weighted by Crippen LogP contribution is -2.34. The van der Waals surface area contributed by atoms with E-state index in [1.54, 1.807) is 0 Å². The fraction of sp³-hybridized carbons (Fsp3) is 0.545. The van der Waals surface area contributed by atoms with Gasteiger partial charge in [0.05, 0.1) is 0 Å². The van der Waals surface area contributed by atoms with E-state index in [-0.39, 0.29) is 17.5 Å². The SMILES string of the molecule is CC(=O)NC1CCC(=C(C#N)C#N)CC1. The highest BCUT2D eigenvalue weighted by atomic mass is 16.1. The van der Waals surface area contributed by atoms with Crippen LogP contribution in [0.25, 0.3) is 0 Å². The normalized spacial score (nSPS) is 19.9. The highest BCUT2D eigenvalue weighted by molar-refractivity contribution is 5.73. The lowest BCUT2D eigenvalue weighted by molar-refractivity contribution is -0.119. The smallest absolute Gasteiger partial charge is 0.217 e. The van der Waals surface area contributed by atoms with Gasteiger partial charge in [0, 0.05) is 13.0 Å². The van der Waals surface area contributed by atoms with Crippen LogP contribution >= 0.6 is 0 Å². The van der Waals surface area contributed by atoms with Crippen molar-refractivity contribution in [3.8, 4) is 12.1 Å². The molecule has 0 atom stereocenters. The number of nitrogens with one attached hydrogen (secondary N) is 1. The van der Waals surface area contributed by atoms with Crippen molar-refractivity contribution in [2.75, 3.05) is 0 Å². The van der Waals surface area contributed by atoms with E-state index in [0.29, 0.717) is 0 Å². The molecular formula is C11H13N3O. The predicted molar refractivity (Wildman–Crippen MR) is 54.3 cm³/mol. The van der Waals surface area contributed by atoms with Gasteiger partial charge in [-0.15, -0.1) is 0 Å². The summed E-state index contributed by atoms with van der Waals surface area (Å²) in [6.07, 6.45) is 3.12. The van der Waals surface area contributed by atoms with Crippen LogP contribution in [0.3, 0.4) is 0 Å². The van der Waals surface area contributed by atoms with Gasteiger partial charge in [0.1, 0.15) is 17.7 Å². The number of nitriles is 2. The summed E-state index contributed by atoms with van der Waals surface area (Å²) in [6.45, 7) is 1.50. The Morgan fingerprint density at radius 1 is 1.33 bits per heavy atom. The van der Waals surface area contributed by atoms with E-state index < -0.39 is 0 Å². The zero-order valence-electron chi connectivity index (χ0n) is 8.71. The molecule has 1 rings (SSSR count). The summed E-state index contributed by atoms with van der Waals surface area (Å²) in [5.74, 6) is -0.0202. The first kappa shape index (κ1) is 11.3. The number of carbonyl (C=O) groups is 1. The van der Waals surface area contributed by atoms with Crippen LogP contribution in [0.1, 0.15) is 32.6 Å². The van der Waals surface area contributed by atoms with Crippen LogP contribution in [0.15, 0.2) is 11.1 Å². The minimum Gasteiger partial charge on any atom is -0.354 e. The van der Waals surface area contributed by atoms with Crippen molar-refractivity contribution in [1.82, 2.24) is 5.32 Å². The lowest BCUT2D eigenvalue weighted by atomic mass is 9.88. The average molecular weight is 203 g/mol. The van der Waals surface area contributed by atoms with Gasteiger partial charge in [-0.05, 0) is 31.3 Å². The van der Waals surface area contributed by atoms with Crippen LogP contribution in [0.2, 0.25) is 0 Å². The molecule has 15 heavy (non-hydrogen) atoms. The molecule has 0 heterocycles. The molecule has 4 heteroatoms. The zero-order valence-corrected chi connectivity index (χ0v) is 8.71. The number of hydrogen-bond donors (Lipinski definition) is 1. The van der Waals surface area contributed by atoms with Crippen molar-refractivity contribution in [3.63, 3.8) is 0 Å². The summed E-state index contributed by atoms with van der Waals surface area (Å²) in [4.78, 5) is 10.8. The summed E-state index contributed by atoms with van der Waals surface area (Å²) < 4.78 is 0. The standard InChI is InChI=1S/C11H13N3O/c1-8(15)14-11-4-2-9(3-5-11)10(6-12)7-13/h11H,2-5H2,1H3,(H,14,15). The lowest BCUT2D eigenvalue weighted by Gasteiger charge is -2.24. The first-order chi connectivity index (χ1) is 7.17. The van der Waals surface area contributed by atoms with Gasteiger partial charge >= 0.3 is 0 Å². The first-order valence-corrected chi connectivity index (χ1v) is 4.96. The van der Waals surface area contributed by atoms with Gasteiger partial charge in [-0.25, -0.2) is 0 Å². The third-order valence-corrected chi connectivity index (χ3v) is 2.57. The quantitative estimate of drug-likeness (QED) is 0.654. The summed E-state index contributed by atoms with van der Waals surface area (Å²) >= 11 is 0. The molecule has 1 saturated carbocycles. The van der Waals surface area contributed by atoms with Crippen LogP contribution in [0, 0.1) is 22.7 Å². The molecule has 0 aromatic carbocycles. The summed E-state index contributed by atoms with van der Waals surface area (Å²) in [5.41, 5.74) is 1.18. The highest BCUT2D eigenvalue weighted by Crippen LogP contribution is 2.25. The van der Waals surface area contributed by atoms with E-state index in [9.17, 15) is 4.79 Å². The zero-order chi connectivity index (χ0) is 11.3. The number of rotatable bonds is 1. The van der Waals surface area contributed by atoms with E-state index in [4.69, 9.17) is 10.5 Å². The molecule has 0 aliphatic heterocycles. The molecule has 0 unspecified atom stereocenters. The Labute approximate surface area is 89.2 Å². The van der Waals surface area contributed by atoms with Crippen molar-refractivity contribution in [1.29, 1.82) is 10.5 Å². The summed E-state index contributed by atoms with van der Waals surface area (Å²) in [6, 6.07) is 4.02. The molecular weight excluding hydrogens is 190 g/mol. The maximum Gasteiger partial charge on any atom is 0.217 e. The topological polar surface area (TPSA) is 76.7 Å². The van der Waals surface area contributed by atoms with Gasteiger partial charge in [0.2, 0.25) is 5.91 Å². The number of hydrogen-bond acceptors (Lipinski definition) is 3. The third-order valence-electron chi connectivity index (χ3n) is 2.57. The first-order valence-electron chi connectivity index (χ1n) is 4.96. The van der Waals surface area contributed by atoms with Crippen molar-refractivity contribution in [3.05, 3.63) is 11.1 Å². The van der Waals surface area contributed by atoms with Crippen molar-refractivity contribution in [2.24, 2.45) is 0 Å². The Morgan fingerprint density at radius 2 is 1.87 bits per heavy atom. The third kappa shape index (κ3) is 3.11. The fourth-order valence-electron chi connectivity index (χ4n) is 1.83. The maximum atomic E-state index is 10.8. The van der Waals surface area contributed by atoms with E-state index in [1.807, 2.05) is 12.1 Å². The van der Waals surface area contributed by atoms with E-state index in [1.165, 1.54) is 6.92 Å². The molecule has 1 aliphatic carbocycles. The van der Waals surface area contributed by atoms with Crippen LogP contribution in [0.5, 0.6) is 0 Å². The molecule has 0 spiro atoms. The Morgan fingerprint density at radius 3 is 2.27 bits per heavy atom. The van der Waals surface area contributed by atoms with E-state index in [0.717, 1.165) is 31.3 Å². The fourth-order valence-corrected chi connectivity index (χ4v) is 1.83. The molecule has 1 N–H and O–H groups in total. The number of amides is 1. The predicted octanol–water partition coefficient (Wildman–Crippen LogP) is 1.41. The summed E-state index contributed by atoms with van der Waals surface area (Å²) in [7, 11) is 0. The second-order valence-corrected chi connectivity index (χ2v) is 3.68. The molecule has 1 fully saturated rings. The van der Waals surface area contributed by atoms with Gasteiger partial charge < -0.3 is 5.32 Å². The van der Waals surface area contributed by atoms with Crippen LogP contribution < -0.4 is 5.32 Å². The molecule has 78 valence electrons. The van der Waals surface area contributed by atoms with Gasteiger partial charge in [-0.2, -0.15) is 10.5 Å². The Hall–Kier alpha value is -1.81. The Balaban J connectivity index is 2.57. The maximum absolute atomic E-state index is 10.8. The molecule has 0 aromatic rings. The average Bonchev–Trinajstić information content (AvgIpc) is 2.21. The van der Waals surface area contributed by atoms with Gasteiger partial charge in [0.25, 0.3) is 0 Å². The largest absolute Gasteiger partial charge is 0.354 e. The van der Waals surface area contributed by atoms with E-state index in [2.05, 4.69) is 5.32 Å². The molecule has 0 radical (unpaired) electrons. The van der Waals surface area contributed by atoms with Gasteiger partial charge in [-0.1, -0.05) is 0 Å². The highest BCUT2D eigenvalue weighted by Gasteiger charge is 2.19.